The topological polar surface area (TPSA) is 87.7 Å². The molecule has 29 heavy (non-hydrogen) atoms. The molecule has 9 heteroatoms. The van der Waals surface area contributed by atoms with Crippen molar-refractivity contribution in [3.8, 4) is 5.75 Å². The zero-order valence-electron chi connectivity index (χ0n) is 16.6. The van der Waals surface area contributed by atoms with Crippen LogP contribution >= 0.6 is 12.2 Å². The van der Waals surface area contributed by atoms with E-state index in [-0.39, 0.29) is 22.3 Å². The van der Waals surface area contributed by atoms with Gasteiger partial charge < -0.3 is 15.4 Å². The lowest BCUT2D eigenvalue weighted by molar-refractivity contribution is -0.119. The molecule has 2 rings (SSSR count). The average molecular weight is 436 g/mol. The van der Waals surface area contributed by atoms with Crippen LogP contribution in [0.4, 0.5) is 5.69 Å². The van der Waals surface area contributed by atoms with E-state index in [2.05, 4.69) is 10.6 Å². The first-order valence-corrected chi connectivity index (χ1v) is 11.0. The third-order valence-electron chi connectivity index (χ3n) is 4.23. The zero-order valence-corrected chi connectivity index (χ0v) is 18.3. The second-order valence-electron chi connectivity index (χ2n) is 6.14. The van der Waals surface area contributed by atoms with Crippen molar-refractivity contribution in [1.29, 1.82) is 0 Å². The van der Waals surface area contributed by atoms with Gasteiger partial charge in [0, 0.05) is 18.8 Å². The molecule has 0 aromatic heterocycles. The molecular weight excluding hydrogens is 410 g/mol. The van der Waals surface area contributed by atoms with Crippen molar-refractivity contribution < 1.29 is 17.9 Å². The van der Waals surface area contributed by atoms with Gasteiger partial charge in [0.1, 0.15) is 5.75 Å². The quantitative estimate of drug-likeness (QED) is 0.620. The third-order valence-corrected chi connectivity index (χ3v) is 6.50. The Kier molecular flexibility index (Phi) is 8.12. The normalized spacial score (nSPS) is 11.2. The van der Waals surface area contributed by atoms with Crippen molar-refractivity contribution in [1.82, 2.24) is 9.62 Å². The summed E-state index contributed by atoms with van der Waals surface area (Å²) < 4.78 is 31.5. The minimum atomic E-state index is -3.51. The third kappa shape index (κ3) is 6.25. The number of thiocarbonyl (C=S) groups is 1. The Morgan fingerprint density at radius 1 is 1.03 bits per heavy atom. The number of carbonyl (C=O) groups excluding carboxylic acids is 1. The second-order valence-corrected chi connectivity index (χ2v) is 8.49. The molecule has 2 N–H and O–H groups in total. The predicted molar refractivity (Wildman–Crippen MR) is 118 cm³/mol. The van der Waals surface area contributed by atoms with Gasteiger partial charge in [-0.3, -0.25) is 4.79 Å². The Labute approximate surface area is 177 Å². The predicted octanol–water partition coefficient (Wildman–Crippen LogP) is 2.78. The lowest BCUT2D eigenvalue weighted by Crippen LogP contribution is -2.35. The van der Waals surface area contributed by atoms with Crippen molar-refractivity contribution in [3.63, 3.8) is 0 Å². The number of sulfonamides is 1. The SMILES string of the molecule is CCN(CC)S(=O)(=O)c1ccc(NC(=S)NC(=O)Cc2ccc(OC)cc2)cc1. The zero-order chi connectivity index (χ0) is 21.4. The molecule has 0 aliphatic carbocycles. The second kappa shape index (κ2) is 10.3. The van der Waals surface area contributed by atoms with Crippen molar-refractivity contribution in [3.05, 3.63) is 54.1 Å². The van der Waals surface area contributed by atoms with Crippen LogP contribution in [-0.2, 0) is 21.2 Å². The van der Waals surface area contributed by atoms with Gasteiger partial charge in [-0.2, -0.15) is 4.31 Å². The minimum Gasteiger partial charge on any atom is -0.497 e. The summed E-state index contributed by atoms with van der Waals surface area (Å²) in [4.78, 5) is 12.3. The fourth-order valence-electron chi connectivity index (χ4n) is 2.68. The first-order chi connectivity index (χ1) is 13.8. The number of benzene rings is 2. The number of anilines is 1. The van der Waals surface area contributed by atoms with E-state index < -0.39 is 10.0 Å². The van der Waals surface area contributed by atoms with Gasteiger partial charge in [-0.05, 0) is 54.2 Å². The van der Waals surface area contributed by atoms with Crippen LogP contribution in [0.2, 0.25) is 0 Å². The number of nitrogens with one attached hydrogen (secondary N) is 2. The molecule has 0 saturated carbocycles. The Morgan fingerprint density at radius 2 is 1.62 bits per heavy atom. The number of hydrogen-bond donors (Lipinski definition) is 2. The molecule has 156 valence electrons. The highest BCUT2D eigenvalue weighted by molar-refractivity contribution is 7.89. The summed E-state index contributed by atoms with van der Waals surface area (Å²) in [5.74, 6) is 0.464. The largest absolute Gasteiger partial charge is 0.497 e. The molecule has 2 aromatic rings. The lowest BCUT2D eigenvalue weighted by Gasteiger charge is -2.18. The number of carbonyl (C=O) groups is 1. The smallest absolute Gasteiger partial charge is 0.243 e. The Bertz CT molecular complexity index is 939. The summed E-state index contributed by atoms with van der Waals surface area (Å²) in [6.45, 7) is 4.40. The van der Waals surface area contributed by atoms with E-state index in [1.807, 2.05) is 12.1 Å². The summed E-state index contributed by atoms with van der Waals surface area (Å²) in [6, 6.07) is 13.4. The van der Waals surface area contributed by atoms with Gasteiger partial charge in [-0.15, -0.1) is 0 Å². The molecular formula is C20H25N3O4S2. The van der Waals surface area contributed by atoms with Crippen LogP contribution in [0.25, 0.3) is 0 Å². The summed E-state index contributed by atoms with van der Waals surface area (Å²) in [5.41, 5.74) is 1.41. The average Bonchev–Trinajstić information content (AvgIpc) is 2.69. The lowest BCUT2D eigenvalue weighted by atomic mass is 10.1. The first-order valence-electron chi connectivity index (χ1n) is 9.14. The van der Waals surface area contributed by atoms with E-state index in [4.69, 9.17) is 17.0 Å². The standard InChI is InChI=1S/C20H25N3O4S2/c1-4-23(5-2)29(25,26)18-12-8-16(9-13-18)21-20(28)22-19(24)14-15-6-10-17(27-3)11-7-15/h6-13H,4-5,14H2,1-3H3,(H2,21,22,24,28). The van der Waals surface area contributed by atoms with E-state index >= 15 is 0 Å². The molecule has 0 fully saturated rings. The van der Waals surface area contributed by atoms with Gasteiger partial charge in [0.05, 0.1) is 18.4 Å². The fourth-order valence-corrected chi connectivity index (χ4v) is 4.37. The highest BCUT2D eigenvalue weighted by Crippen LogP contribution is 2.18. The molecule has 2 aromatic carbocycles. The molecule has 0 radical (unpaired) electrons. The van der Waals surface area contributed by atoms with Gasteiger partial charge in [-0.25, -0.2) is 8.42 Å². The van der Waals surface area contributed by atoms with E-state index in [1.165, 1.54) is 16.4 Å². The molecule has 0 bridgehead atoms. The maximum atomic E-state index is 12.5. The van der Waals surface area contributed by atoms with E-state index in [1.54, 1.807) is 45.2 Å². The van der Waals surface area contributed by atoms with Crippen molar-refractivity contribution in [2.24, 2.45) is 0 Å². The molecule has 1 amide bonds. The van der Waals surface area contributed by atoms with E-state index in [0.29, 0.717) is 18.8 Å². The molecule has 0 spiro atoms. The van der Waals surface area contributed by atoms with E-state index in [9.17, 15) is 13.2 Å². The highest BCUT2D eigenvalue weighted by Gasteiger charge is 2.21. The Morgan fingerprint density at radius 3 is 2.14 bits per heavy atom. The van der Waals surface area contributed by atoms with Crippen molar-refractivity contribution in [2.75, 3.05) is 25.5 Å². The van der Waals surface area contributed by atoms with Crippen LogP contribution in [0, 0.1) is 0 Å². The molecule has 0 unspecified atom stereocenters. The molecule has 0 heterocycles. The molecule has 0 saturated heterocycles. The van der Waals surface area contributed by atoms with Gasteiger partial charge in [-0.1, -0.05) is 26.0 Å². The van der Waals surface area contributed by atoms with Crippen molar-refractivity contribution in [2.45, 2.75) is 25.2 Å². The van der Waals surface area contributed by atoms with Crippen LogP contribution in [0.15, 0.2) is 53.4 Å². The number of nitrogens with zero attached hydrogens (tertiary/aromatic N) is 1. The summed E-state index contributed by atoms with van der Waals surface area (Å²) in [5, 5.41) is 5.64. The van der Waals surface area contributed by atoms with E-state index in [0.717, 1.165) is 11.3 Å². The first kappa shape index (κ1) is 22.8. The molecule has 0 aliphatic heterocycles. The van der Waals surface area contributed by atoms with Crippen LogP contribution in [0.1, 0.15) is 19.4 Å². The number of methoxy groups -OCH3 is 1. The number of hydrogen-bond acceptors (Lipinski definition) is 5. The van der Waals surface area contributed by atoms with Crippen LogP contribution in [0.3, 0.4) is 0 Å². The maximum absolute atomic E-state index is 12.5. The van der Waals surface area contributed by atoms with Crippen LogP contribution < -0.4 is 15.4 Å². The maximum Gasteiger partial charge on any atom is 0.243 e. The molecule has 7 nitrogen and oxygen atoms in total. The van der Waals surface area contributed by atoms with Crippen molar-refractivity contribution >= 4 is 38.9 Å². The number of rotatable bonds is 8. The summed E-state index contributed by atoms with van der Waals surface area (Å²) in [7, 11) is -1.93. The van der Waals surface area contributed by atoms with Gasteiger partial charge in [0.15, 0.2) is 5.11 Å². The summed E-state index contributed by atoms with van der Waals surface area (Å²) >= 11 is 5.16. The van der Waals surface area contributed by atoms with Crippen LogP contribution in [-0.4, -0.2) is 43.9 Å². The fraction of sp³-hybridized carbons (Fsp3) is 0.300. The molecule has 0 atom stereocenters. The number of amides is 1. The van der Waals surface area contributed by atoms with Crippen LogP contribution in [0.5, 0.6) is 5.75 Å². The number of ether oxygens (including phenoxy) is 1. The summed E-state index contributed by atoms with van der Waals surface area (Å²) in [6.07, 6.45) is 0.173. The Hall–Kier alpha value is -2.49. The van der Waals surface area contributed by atoms with Gasteiger partial charge >= 0.3 is 0 Å². The minimum absolute atomic E-state index is 0.142. The monoisotopic (exact) mass is 435 g/mol. The Balaban J connectivity index is 1.94. The molecule has 0 aliphatic rings. The highest BCUT2D eigenvalue weighted by atomic mass is 32.2. The van der Waals surface area contributed by atoms with Gasteiger partial charge in [0.2, 0.25) is 15.9 Å². The van der Waals surface area contributed by atoms with Gasteiger partial charge in [0.25, 0.3) is 0 Å².